The molecule has 2 heterocycles. The largest absolute Gasteiger partial charge is 0.494 e. The second-order valence-corrected chi connectivity index (χ2v) is 8.76. The molecular weight excluding hydrogens is 455 g/mol. The highest BCUT2D eigenvalue weighted by atomic mass is 19.1. The predicted octanol–water partition coefficient (Wildman–Crippen LogP) is 3.01. The second kappa shape index (κ2) is 10.6. The highest BCUT2D eigenvalue weighted by molar-refractivity contribution is 5.93. The first-order valence-corrected chi connectivity index (χ1v) is 11.4. The van der Waals surface area contributed by atoms with Gasteiger partial charge in [0.1, 0.15) is 5.69 Å². The van der Waals surface area contributed by atoms with Crippen molar-refractivity contribution < 1.29 is 23.8 Å². The van der Waals surface area contributed by atoms with Gasteiger partial charge in [-0.3, -0.25) is 9.59 Å². The molecule has 0 aliphatic heterocycles. The average Bonchev–Trinajstić information content (AvgIpc) is 3.31. The molecule has 3 aromatic rings. The van der Waals surface area contributed by atoms with E-state index in [1.807, 2.05) is 0 Å². The Kier molecular flexibility index (Phi) is 7.33. The Morgan fingerprint density at radius 1 is 1.20 bits per heavy atom. The third-order valence-corrected chi connectivity index (χ3v) is 6.18. The van der Waals surface area contributed by atoms with E-state index in [-0.39, 0.29) is 29.8 Å². The number of carbonyl (C=O) groups excluding carboxylic acids is 1. The van der Waals surface area contributed by atoms with Gasteiger partial charge < -0.3 is 15.2 Å². The van der Waals surface area contributed by atoms with E-state index in [9.17, 15) is 14.0 Å². The highest BCUT2D eigenvalue weighted by Gasteiger charge is 2.26. The molecule has 184 valence electrons. The van der Waals surface area contributed by atoms with Crippen LogP contribution in [0, 0.1) is 24.6 Å². The summed E-state index contributed by atoms with van der Waals surface area (Å²) in [6, 6.07) is 7.77. The Morgan fingerprint density at radius 2 is 1.97 bits per heavy atom. The van der Waals surface area contributed by atoms with Gasteiger partial charge in [0.15, 0.2) is 11.6 Å². The molecule has 1 aromatic carbocycles. The van der Waals surface area contributed by atoms with Crippen molar-refractivity contribution in [3.05, 3.63) is 53.1 Å². The van der Waals surface area contributed by atoms with Crippen molar-refractivity contribution in [1.82, 2.24) is 30.5 Å². The normalized spacial score (nSPS) is 17.7. The van der Waals surface area contributed by atoms with Gasteiger partial charge in [-0.15, -0.1) is 10.2 Å². The molecule has 10 nitrogen and oxygen atoms in total. The number of hydrogen-bond donors (Lipinski definition) is 2. The van der Waals surface area contributed by atoms with Crippen molar-refractivity contribution in [2.45, 2.75) is 45.7 Å². The van der Waals surface area contributed by atoms with Gasteiger partial charge in [0.05, 0.1) is 19.6 Å². The third kappa shape index (κ3) is 5.97. The maximum Gasteiger partial charge on any atom is 0.306 e. The highest BCUT2D eigenvalue weighted by Crippen LogP contribution is 2.30. The number of carbonyl (C=O) groups is 2. The van der Waals surface area contributed by atoms with E-state index < -0.39 is 11.8 Å². The fourth-order valence-corrected chi connectivity index (χ4v) is 4.26. The van der Waals surface area contributed by atoms with Crippen molar-refractivity contribution in [3.8, 4) is 17.1 Å². The summed E-state index contributed by atoms with van der Waals surface area (Å²) in [7, 11) is 1.38. The summed E-state index contributed by atoms with van der Waals surface area (Å²) in [6.07, 6.45) is 2.95. The molecule has 0 atom stereocenters. The number of pyridine rings is 1. The zero-order valence-corrected chi connectivity index (χ0v) is 19.6. The van der Waals surface area contributed by atoms with Gasteiger partial charge in [-0.2, -0.15) is 4.80 Å². The zero-order valence-electron chi connectivity index (χ0n) is 19.6. The van der Waals surface area contributed by atoms with Crippen LogP contribution in [0.15, 0.2) is 30.3 Å². The standard InChI is InChI=1S/C24H27FN6O4/c1-14-9-18(22-28-30-31(29-22)13-15-3-6-17(7-4-15)24(33)34)11-20(27-14)23(32)26-12-16-5-8-19(25)21(10-16)35-2/h5,8-11,15,17H,3-4,6-7,12-13H2,1-2H3,(H,26,32)(H,33,34)/t15-,17-. The minimum absolute atomic E-state index is 0.108. The van der Waals surface area contributed by atoms with Crippen LogP contribution in [0.1, 0.15) is 47.4 Å². The van der Waals surface area contributed by atoms with E-state index in [4.69, 9.17) is 9.84 Å². The summed E-state index contributed by atoms with van der Waals surface area (Å²) in [6.45, 7) is 2.52. The van der Waals surface area contributed by atoms with E-state index in [2.05, 4.69) is 25.7 Å². The van der Waals surface area contributed by atoms with Gasteiger partial charge in [-0.25, -0.2) is 9.37 Å². The molecule has 0 spiro atoms. The van der Waals surface area contributed by atoms with Crippen LogP contribution < -0.4 is 10.1 Å². The number of tetrazole rings is 1. The molecule has 1 aliphatic rings. The van der Waals surface area contributed by atoms with E-state index in [1.54, 1.807) is 25.1 Å². The molecule has 1 fully saturated rings. The fraction of sp³-hybridized carbons (Fsp3) is 0.417. The number of benzene rings is 1. The van der Waals surface area contributed by atoms with E-state index in [1.165, 1.54) is 24.0 Å². The zero-order chi connectivity index (χ0) is 24.9. The van der Waals surface area contributed by atoms with Crippen LogP contribution in [0.3, 0.4) is 0 Å². The average molecular weight is 483 g/mol. The number of carboxylic acid groups (broad SMARTS) is 1. The molecule has 1 saturated carbocycles. The van der Waals surface area contributed by atoms with Crippen LogP contribution in [-0.2, 0) is 17.9 Å². The fourth-order valence-electron chi connectivity index (χ4n) is 4.26. The minimum Gasteiger partial charge on any atom is -0.494 e. The van der Waals surface area contributed by atoms with E-state index in [0.717, 1.165) is 12.8 Å². The summed E-state index contributed by atoms with van der Waals surface area (Å²) in [5, 5.41) is 24.7. The smallest absolute Gasteiger partial charge is 0.306 e. The van der Waals surface area contributed by atoms with Crippen molar-refractivity contribution in [1.29, 1.82) is 0 Å². The van der Waals surface area contributed by atoms with Crippen LogP contribution in [0.4, 0.5) is 4.39 Å². The van der Waals surface area contributed by atoms with Crippen molar-refractivity contribution in [3.63, 3.8) is 0 Å². The Hall–Kier alpha value is -3.89. The molecular formula is C24H27FN6O4. The summed E-state index contributed by atoms with van der Waals surface area (Å²) in [5.74, 6) is -1.06. The van der Waals surface area contributed by atoms with Gasteiger partial charge in [0.25, 0.3) is 5.91 Å². The van der Waals surface area contributed by atoms with Crippen LogP contribution in [0.2, 0.25) is 0 Å². The SMILES string of the molecule is COc1cc(CNC(=O)c2cc(-c3nnn(C[C@H]4CC[C@H](C(=O)O)CC4)n3)cc(C)n2)ccc1F. The predicted molar refractivity (Wildman–Crippen MR) is 123 cm³/mol. The number of aryl methyl sites for hydroxylation is 1. The number of aromatic nitrogens is 5. The second-order valence-electron chi connectivity index (χ2n) is 8.76. The van der Waals surface area contributed by atoms with Gasteiger partial charge in [-0.05, 0) is 73.6 Å². The van der Waals surface area contributed by atoms with Gasteiger partial charge >= 0.3 is 5.97 Å². The number of hydrogen-bond acceptors (Lipinski definition) is 7. The first-order valence-electron chi connectivity index (χ1n) is 11.4. The molecule has 1 amide bonds. The molecule has 35 heavy (non-hydrogen) atoms. The molecule has 2 N–H and O–H groups in total. The summed E-state index contributed by atoms with van der Waals surface area (Å²) >= 11 is 0. The van der Waals surface area contributed by atoms with Gasteiger partial charge in [-0.1, -0.05) is 6.07 Å². The first kappa shape index (κ1) is 24.2. The quantitative estimate of drug-likeness (QED) is 0.501. The number of halogens is 1. The van der Waals surface area contributed by atoms with Crippen LogP contribution in [0.5, 0.6) is 5.75 Å². The lowest BCUT2D eigenvalue weighted by atomic mass is 9.82. The Bertz CT molecular complexity index is 1220. The maximum absolute atomic E-state index is 13.6. The van der Waals surface area contributed by atoms with Gasteiger partial charge in [0.2, 0.25) is 5.82 Å². The number of ether oxygens (including phenoxy) is 1. The Labute approximate surface area is 201 Å². The molecule has 4 rings (SSSR count). The lowest BCUT2D eigenvalue weighted by molar-refractivity contribution is -0.143. The van der Waals surface area contributed by atoms with Crippen LogP contribution in [-0.4, -0.2) is 49.3 Å². The Morgan fingerprint density at radius 3 is 2.69 bits per heavy atom. The molecule has 11 heteroatoms. The number of aliphatic carboxylic acids is 1. The van der Waals surface area contributed by atoms with Gasteiger partial charge in [0, 0.05) is 17.8 Å². The van der Waals surface area contributed by atoms with Crippen molar-refractivity contribution in [2.75, 3.05) is 7.11 Å². The monoisotopic (exact) mass is 482 g/mol. The lowest BCUT2D eigenvalue weighted by Gasteiger charge is -2.25. The number of nitrogens with one attached hydrogen (secondary N) is 1. The maximum atomic E-state index is 13.6. The molecule has 0 bridgehead atoms. The molecule has 0 radical (unpaired) electrons. The lowest BCUT2D eigenvalue weighted by Crippen LogP contribution is -2.24. The minimum atomic E-state index is -0.727. The summed E-state index contributed by atoms with van der Waals surface area (Å²) < 4.78 is 18.6. The van der Waals surface area contributed by atoms with Crippen molar-refractivity contribution in [2.24, 2.45) is 11.8 Å². The van der Waals surface area contributed by atoms with E-state index in [0.29, 0.717) is 47.9 Å². The topological polar surface area (TPSA) is 132 Å². The number of rotatable bonds is 8. The third-order valence-electron chi connectivity index (χ3n) is 6.18. The Balaban J connectivity index is 1.40. The van der Waals surface area contributed by atoms with E-state index >= 15 is 0 Å². The first-order chi connectivity index (χ1) is 16.8. The molecule has 1 aliphatic carbocycles. The summed E-state index contributed by atoms with van der Waals surface area (Å²) in [4.78, 5) is 29.7. The molecule has 2 aromatic heterocycles. The van der Waals surface area contributed by atoms with Crippen LogP contribution in [0.25, 0.3) is 11.4 Å². The number of amides is 1. The number of methoxy groups -OCH3 is 1. The van der Waals surface area contributed by atoms with Crippen molar-refractivity contribution >= 4 is 11.9 Å². The number of nitrogens with zero attached hydrogens (tertiary/aromatic N) is 5. The summed E-state index contributed by atoms with van der Waals surface area (Å²) in [5.41, 5.74) is 2.13. The number of carboxylic acids is 1. The van der Waals surface area contributed by atoms with Crippen LogP contribution >= 0.6 is 0 Å². The molecule has 0 saturated heterocycles. The molecule has 0 unspecified atom stereocenters.